The van der Waals surface area contributed by atoms with E-state index < -0.39 is 6.03 Å². The minimum Gasteiger partial charge on any atom is -0.351 e. The second-order valence-electron chi connectivity index (χ2n) is 5.57. The number of primary amides is 1. The molecule has 2 unspecified atom stereocenters. The zero-order valence-electron chi connectivity index (χ0n) is 11.4. The maximum Gasteiger partial charge on any atom is 0.318 e. The van der Waals surface area contributed by atoms with Gasteiger partial charge >= 0.3 is 6.03 Å². The van der Waals surface area contributed by atoms with Crippen LogP contribution in [-0.4, -0.2) is 49.1 Å². The van der Waals surface area contributed by atoms with Crippen molar-refractivity contribution in [2.45, 2.75) is 38.1 Å². The Hall–Kier alpha value is -1.14. The van der Waals surface area contributed by atoms with Crippen LogP contribution in [0.15, 0.2) is 0 Å². The molecule has 2 aliphatic rings. The van der Waals surface area contributed by atoms with Crippen LogP contribution in [0, 0.1) is 5.92 Å². The van der Waals surface area contributed by atoms with Crippen molar-refractivity contribution in [1.82, 2.24) is 15.5 Å². The summed E-state index contributed by atoms with van der Waals surface area (Å²) in [5.74, 6) is 0.420. The molecule has 6 heteroatoms. The van der Waals surface area contributed by atoms with Gasteiger partial charge in [-0.2, -0.15) is 0 Å². The number of imide groups is 1. The van der Waals surface area contributed by atoms with E-state index in [1.54, 1.807) is 0 Å². The van der Waals surface area contributed by atoms with Crippen LogP contribution in [0.5, 0.6) is 0 Å². The average molecular weight is 268 g/mol. The average Bonchev–Trinajstić information content (AvgIpc) is 2.90. The lowest BCUT2D eigenvalue weighted by Crippen LogP contribution is -2.45. The highest BCUT2D eigenvalue weighted by Crippen LogP contribution is 2.24. The van der Waals surface area contributed by atoms with Crippen LogP contribution in [0.4, 0.5) is 4.79 Å². The molecule has 4 N–H and O–H groups in total. The van der Waals surface area contributed by atoms with Crippen molar-refractivity contribution in [3.05, 3.63) is 0 Å². The van der Waals surface area contributed by atoms with Crippen molar-refractivity contribution < 1.29 is 9.59 Å². The quantitative estimate of drug-likeness (QED) is 0.671. The first-order valence-corrected chi connectivity index (χ1v) is 7.20. The predicted octanol–water partition coefficient (Wildman–Crippen LogP) is 0.0354. The van der Waals surface area contributed by atoms with Crippen LogP contribution in [0.25, 0.3) is 0 Å². The standard InChI is InChI=1S/C13H24N4O2/c14-13(19)16-12(18)5-8-17-7-2-3-10(9-17)11-4-1-6-15-11/h10-11,15H,1-9H2,(H3,14,16,18,19). The molecular weight excluding hydrogens is 244 g/mol. The van der Waals surface area contributed by atoms with Crippen LogP contribution in [-0.2, 0) is 4.79 Å². The number of nitrogens with two attached hydrogens (primary N) is 1. The molecule has 0 aromatic heterocycles. The molecule has 0 aliphatic carbocycles. The molecule has 0 aromatic carbocycles. The van der Waals surface area contributed by atoms with Gasteiger partial charge in [0.15, 0.2) is 0 Å². The highest BCUT2D eigenvalue weighted by molar-refractivity contribution is 5.93. The van der Waals surface area contributed by atoms with E-state index in [0.717, 1.165) is 19.6 Å². The van der Waals surface area contributed by atoms with E-state index >= 15 is 0 Å². The Morgan fingerprint density at radius 2 is 2.16 bits per heavy atom. The van der Waals surface area contributed by atoms with Crippen LogP contribution in [0.3, 0.4) is 0 Å². The van der Waals surface area contributed by atoms with Gasteiger partial charge in [0, 0.05) is 25.6 Å². The van der Waals surface area contributed by atoms with Gasteiger partial charge in [0.25, 0.3) is 0 Å². The van der Waals surface area contributed by atoms with Gasteiger partial charge in [-0.3, -0.25) is 10.1 Å². The lowest BCUT2D eigenvalue weighted by molar-refractivity contribution is -0.120. The van der Waals surface area contributed by atoms with Gasteiger partial charge in [0.2, 0.25) is 5.91 Å². The molecule has 2 aliphatic heterocycles. The first kappa shape index (κ1) is 14.3. The third-order valence-electron chi connectivity index (χ3n) is 4.13. The van der Waals surface area contributed by atoms with Gasteiger partial charge in [0.1, 0.15) is 0 Å². The normalized spacial score (nSPS) is 28.2. The summed E-state index contributed by atoms with van der Waals surface area (Å²) >= 11 is 0. The summed E-state index contributed by atoms with van der Waals surface area (Å²) in [6.45, 7) is 3.96. The Morgan fingerprint density at radius 1 is 1.32 bits per heavy atom. The van der Waals surface area contributed by atoms with E-state index in [1.165, 1.54) is 25.7 Å². The summed E-state index contributed by atoms with van der Waals surface area (Å²) in [4.78, 5) is 24.3. The number of amides is 3. The molecule has 0 bridgehead atoms. The fraction of sp³-hybridized carbons (Fsp3) is 0.846. The predicted molar refractivity (Wildman–Crippen MR) is 72.5 cm³/mol. The number of carbonyl (C=O) groups excluding carboxylic acids is 2. The van der Waals surface area contributed by atoms with Crippen molar-refractivity contribution >= 4 is 11.9 Å². The molecule has 19 heavy (non-hydrogen) atoms. The van der Waals surface area contributed by atoms with Gasteiger partial charge in [-0.05, 0) is 44.7 Å². The Balaban J connectivity index is 1.71. The Kier molecular flexibility index (Phi) is 5.15. The van der Waals surface area contributed by atoms with E-state index in [1.807, 2.05) is 0 Å². The van der Waals surface area contributed by atoms with Crippen LogP contribution in [0.1, 0.15) is 32.1 Å². The van der Waals surface area contributed by atoms with Gasteiger partial charge in [-0.25, -0.2) is 4.79 Å². The van der Waals surface area contributed by atoms with E-state index in [-0.39, 0.29) is 5.91 Å². The number of nitrogens with one attached hydrogen (secondary N) is 2. The molecule has 2 fully saturated rings. The number of hydrogen-bond donors (Lipinski definition) is 3. The third-order valence-corrected chi connectivity index (χ3v) is 4.13. The number of carbonyl (C=O) groups is 2. The molecule has 2 atom stereocenters. The van der Waals surface area contributed by atoms with E-state index in [0.29, 0.717) is 24.9 Å². The van der Waals surface area contributed by atoms with Crippen molar-refractivity contribution in [1.29, 1.82) is 0 Å². The van der Waals surface area contributed by atoms with E-state index in [2.05, 4.69) is 15.5 Å². The topological polar surface area (TPSA) is 87.5 Å². The number of likely N-dealkylation sites (tertiary alicyclic amines) is 1. The number of urea groups is 1. The van der Waals surface area contributed by atoms with Gasteiger partial charge in [0.05, 0.1) is 0 Å². The zero-order valence-corrected chi connectivity index (χ0v) is 11.4. The summed E-state index contributed by atoms with van der Waals surface area (Å²) in [6.07, 6.45) is 5.37. The lowest BCUT2D eigenvalue weighted by atomic mass is 9.90. The minimum atomic E-state index is -0.767. The number of nitrogens with zero attached hydrogens (tertiary/aromatic N) is 1. The monoisotopic (exact) mass is 268 g/mol. The summed E-state index contributed by atoms with van der Waals surface area (Å²) in [6, 6.07) is -0.112. The van der Waals surface area contributed by atoms with E-state index in [9.17, 15) is 9.59 Å². The third kappa shape index (κ3) is 4.47. The molecule has 2 rings (SSSR count). The van der Waals surface area contributed by atoms with Crippen molar-refractivity contribution in [3.8, 4) is 0 Å². The summed E-state index contributed by atoms with van der Waals surface area (Å²) in [5.41, 5.74) is 4.91. The molecule has 0 spiro atoms. The molecule has 0 radical (unpaired) electrons. The smallest absolute Gasteiger partial charge is 0.318 e. The maximum absolute atomic E-state index is 11.4. The van der Waals surface area contributed by atoms with Crippen molar-refractivity contribution in [2.75, 3.05) is 26.2 Å². The molecule has 0 aromatic rings. The Labute approximate surface area is 114 Å². The fourth-order valence-corrected chi connectivity index (χ4v) is 3.20. The first-order chi connectivity index (χ1) is 9.15. The number of piperidine rings is 1. The highest BCUT2D eigenvalue weighted by Gasteiger charge is 2.28. The van der Waals surface area contributed by atoms with Gasteiger partial charge < -0.3 is 16.0 Å². The number of hydrogen-bond acceptors (Lipinski definition) is 4. The maximum atomic E-state index is 11.4. The zero-order chi connectivity index (χ0) is 13.7. The summed E-state index contributed by atoms with van der Waals surface area (Å²) < 4.78 is 0. The molecule has 0 saturated carbocycles. The van der Waals surface area contributed by atoms with E-state index in [4.69, 9.17) is 5.73 Å². The lowest BCUT2D eigenvalue weighted by Gasteiger charge is -2.35. The Morgan fingerprint density at radius 3 is 2.84 bits per heavy atom. The fourth-order valence-electron chi connectivity index (χ4n) is 3.20. The highest BCUT2D eigenvalue weighted by atomic mass is 16.2. The minimum absolute atomic E-state index is 0.284. The molecule has 108 valence electrons. The van der Waals surface area contributed by atoms with Gasteiger partial charge in [-0.1, -0.05) is 0 Å². The molecule has 6 nitrogen and oxygen atoms in total. The SMILES string of the molecule is NC(=O)NC(=O)CCN1CCCC(C2CCCN2)C1. The van der Waals surface area contributed by atoms with Crippen LogP contribution >= 0.6 is 0 Å². The second kappa shape index (κ2) is 6.86. The Bertz CT molecular complexity index is 329. The van der Waals surface area contributed by atoms with Gasteiger partial charge in [-0.15, -0.1) is 0 Å². The van der Waals surface area contributed by atoms with Crippen LogP contribution < -0.4 is 16.4 Å². The summed E-state index contributed by atoms with van der Waals surface area (Å²) in [5, 5.41) is 5.68. The molecule has 3 amide bonds. The molecular formula is C13H24N4O2. The van der Waals surface area contributed by atoms with Crippen molar-refractivity contribution in [2.24, 2.45) is 11.7 Å². The van der Waals surface area contributed by atoms with Crippen molar-refractivity contribution in [3.63, 3.8) is 0 Å². The number of rotatable bonds is 4. The largest absolute Gasteiger partial charge is 0.351 e. The second-order valence-corrected chi connectivity index (χ2v) is 5.57. The van der Waals surface area contributed by atoms with Crippen LogP contribution in [0.2, 0.25) is 0 Å². The summed E-state index contributed by atoms with van der Waals surface area (Å²) in [7, 11) is 0. The molecule has 2 heterocycles. The first-order valence-electron chi connectivity index (χ1n) is 7.20. The molecule has 2 saturated heterocycles.